The lowest BCUT2D eigenvalue weighted by Crippen LogP contribution is -2.24. The molecule has 0 radical (unpaired) electrons. The predicted molar refractivity (Wildman–Crippen MR) is 93.3 cm³/mol. The van der Waals surface area contributed by atoms with Crippen molar-refractivity contribution in [1.82, 2.24) is 4.98 Å². The van der Waals surface area contributed by atoms with Gasteiger partial charge in [-0.3, -0.25) is 9.59 Å². The zero-order valence-corrected chi connectivity index (χ0v) is 13.7. The lowest BCUT2D eigenvalue weighted by atomic mass is 9.87. The zero-order valence-electron chi connectivity index (χ0n) is 13.0. The number of H-pyrrole nitrogens is 1. The molecule has 0 bridgehead atoms. The van der Waals surface area contributed by atoms with E-state index in [2.05, 4.69) is 4.98 Å². The zero-order chi connectivity index (χ0) is 16.4. The van der Waals surface area contributed by atoms with Crippen LogP contribution in [0.3, 0.4) is 0 Å². The Morgan fingerprint density at radius 1 is 1.13 bits per heavy atom. The van der Waals surface area contributed by atoms with Gasteiger partial charge in [0.05, 0.1) is 5.56 Å². The van der Waals surface area contributed by atoms with Crippen LogP contribution in [0.5, 0.6) is 0 Å². The molecule has 1 aromatic carbocycles. The van der Waals surface area contributed by atoms with Crippen molar-refractivity contribution in [2.75, 3.05) is 0 Å². The van der Waals surface area contributed by atoms with Gasteiger partial charge in [-0.1, -0.05) is 29.8 Å². The minimum Gasteiger partial charge on any atom is -0.326 e. The number of aromatic nitrogens is 1. The topological polar surface area (TPSA) is 49.9 Å². The number of carbonyl (C=O) groups is 1. The lowest BCUT2D eigenvalue weighted by Gasteiger charge is -2.19. The van der Waals surface area contributed by atoms with Gasteiger partial charge < -0.3 is 4.98 Å². The summed E-state index contributed by atoms with van der Waals surface area (Å²) in [7, 11) is 0. The normalized spacial score (nSPS) is 14.0. The molecule has 3 rings (SSSR count). The van der Waals surface area contributed by atoms with Gasteiger partial charge in [0.1, 0.15) is 0 Å². The first-order valence-electron chi connectivity index (χ1n) is 7.79. The molecule has 23 heavy (non-hydrogen) atoms. The number of hydrogen-bond acceptors (Lipinski definition) is 2. The second-order valence-electron chi connectivity index (χ2n) is 5.87. The van der Waals surface area contributed by atoms with Crippen molar-refractivity contribution in [1.29, 1.82) is 0 Å². The number of pyridine rings is 1. The Hall–Kier alpha value is -2.13. The van der Waals surface area contributed by atoms with Crippen LogP contribution in [0, 0.1) is 6.92 Å². The average Bonchev–Trinajstić information content (AvgIpc) is 2.54. The summed E-state index contributed by atoms with van der Waals surface area (Å²) in [6.45, 7) is 1.91. The van der Waals surface area contributed by atoms with E-state index in [1.807, 2.05) is 19.1 Å². The van der Waals surface area contributed by atoms with E-state index >= 15 is 0 Å². The molecule has 0 aliphatic heterocycles. The second-order valence-corrected chi connectivity index (χ2v) is 6.30. The van der Waals surface area contributed by atoms with Gasteiger partial charge in [0, 0.05) is 10.7 Å². The first kappa shape index (κ1) is 15.8. The van der Waals surface area contributed by atoms with Crippen molar-refractivity contribution in [3.05, 3.63) is 73.7 Å². The first-order chi connectivity index (χ1) is 11.1. The van der Waals surface area contributed by atoms with Crippen LogP contribution in [-0.2, 0) is 12.8 Å². The van der Waals surface area contributed by atoms with E-state index in [9.17, 15) is 9.59 Å². The maximum atomic E-state index is 12.6. The summed E-state index contributed by atoms with van der Waals surface area (Å²) < 4.78 is 0. The van der Waals surface area contributed by atoms with Gasteiger partial charge in [-0.15, -0.1) is 0 Å². The molecule has 1 aromatic heterocycles. The maximum Gasteiger partial charge on any atom is 0.259 e. The average molecular weight is 328 g/mol. The standard InChI is InChI=1S/C19H18ClNO2/c1-12-15-4-2-3-5-16(15)18(19(23)21-12)17(22)11-8-13-6-9-14(20)10-7-13/h6-11H,2-5H2,1H3,(H,21,23)/b11-8+. The Balaban J connectivity index is 1.96. The summed E-state index contributed by atoms with van der Waals surface area (Å²) in [5.74, 6) is -0.237. The monoisotopic (exact) mass is 327 g/mol. The molecule has 0 atom stereocenters. The highest BCUT2D eigenvalue weighted by atomic mass is 35.5. The number of ketones is 1. The van der Waals surface area contributed by atoms with Gasteiger partial charge in [-0.2, -0.15) is 0 Å². The smallest absolute Gasteiger partial charge is 0.259 e. The quantitative estimate of drug-likeness (QED) is 0.681. The Bertz CT molecular complexity index is 832. The van der Waals surface area contributed by atoms with Crippen molar-refractivity contribution < 1.29 is 4.79 Å². The van der Waals surface area contributed by atoms with Gasteiger partial charge in [0.2, 0.25) is 0 Å². The Kier molecular flexibility index (Phi) is 4.49. The van der Waals surface area contributed by atoms with E-state index in [4.69, 9.17) is 11.6 Å². The van der Waals surface area contributed by atoms with Gasteiger partial charge >= 0.3 is 0 Å². The second kappa shape index (κ2) is 6.55. The van der Waals surface area contributed by atoms with Crippen molar-refractivity contribution in [3.63, 3.8) is 0 Å². The SMILES string of the molecule is Cc1[nH]c(=O)c(C(=O)/C=C/c2ccc(Cl)cc2)c2c1CCCC2. The third-order valence-corrected chi connectivity index (χ3v) is 4.55. The Labute approximate surface area is 140 Å². The van der Waals surface area contributed by atoms with Crippen LogP contribution in [0.25, 0.3) is 6.08 Å². The molecular formula is C19H18ClNO2. The van der Waals surface area contributed by atoms with E-state index in [1.54, 1.807) is 18.2 Å². The number of halogens is 1. The molecule has 0 unspecified atom stereocenters. The Morgan fingerprint density at radius 3 is 2.48 bits per heavy atom. The minimum atomic E-state index is -0.283. The van der Waals surface area contributed by atoms with Gasteiger partial charge in [-0.25, -0.2) is 0 Å². The van der Waals surface area contributed by atoms with Crippen LogP contribution in [0.15, 0.2) is 35.1 Å². The predicted octanol–water partition coefficient (Wildman–Crippen LogP) is 4.11. The highest BCUT2D eigenvalue weighted by molar-refractivity contribution is 6.30. The van der Waals surface area contributed by atoms with Crippen LogP contribution in [0.2, 0.25) is 5.02 Å². The molecule has 1 aliphatic rings. The van der Waals surface area contributed by atoms with E-state index < -0.39 is 0 Å². The van der Waals surface area contributed by atoms with Crippen LogP contribution in [-0.4, -0.2) is 10.8 Å². The van der Waals surface area contributed by atoms with Crippen LogP contribution >= 0.6 is 11.6 Å². The summed E-state index contributed by atoms with van der Waals surface area (Å²) in [6.07, 6.45) is 7.05. The van der Waals surface area contributed by atoms with Crippen molar-refractivity contribution >= 4 is 23.5 Å². The number of allylic oxidation sites excluding steroid dienone is 1. The van der Waals surface area contributed by atoms with Gasteiger partial charge in [-0.05, 0) is 67.5 Å². The van der Waals surface area contributed by atoms with Crippen molar-refractivity contribution in [2.45, 2.75) is 32.6 Å². The lowest BCUT2D eigenvalue weighted by molar-refractivity contribution is 0.104. The Morgan fingerprint density at radius 2 is 1.78 bits per heavy atom. The fourth-order valence-electron chi connectivity index (χ4n) is 3.13. The number of aryl methyl sites for hydroxylation is 1. The molecule has 1 N–H and O–H groups in total. The fourth-order valence-corrected chi connectivity index (χ4v) is 3.26. The van der Waals surface area contributed by atoms with Crippen molar-refractivity contribution in [3.8, 4) is 0 Å². The van der Waals surface area contributed by atoms with Gasteiger partial charge in [0.15, 0.2) is 5.78 Å². The summed E-state index contributed by atoms with van der Waals surface area (Å²) >= 11 is 5.85. The van der Waals surface area contributed by atoms with E-state index in [1.165, 1.54) is 6.08 Å². The molecule has 0 spiro atoms. The third-order valence-electron chi connectivity index (χ3n) is 4.29. The van der Waals surface area contributed by atoms with Crippen LogP contribution in [0.1, 0.15) is 45.6 Å². The fraction of sp³-hybridized carbons (Fsp3) is 0.263. The molecule has 118 valence electrons. The number of benzene rings is 1. The summed E-state index contributed by atoms with van der Waals surface area (Å²) in [5.41, 5.74) is 3.86. The van der Waals surface area contributed by atoms with Crippen LogP contribution < -0.4 is 5.56 Å². The number of hydrogen-bond donors (Lipinski definition) is 1. The summed E-state index contributed by atoms with van der Waals surface area (Å²) in [5, 5.41) is 0.650. The number of carbonyl (C=O) groups excluding carboxylic acids is 1. The molecule has 3 nitrogen and oxygen atoms in total. The number of fused-ring (bicyclic) bond motifs is 1. The number of aromatic amines is 1. The number of rotatable bonds is 3. The van der Waals surface area contributed by atoms with Gasteiger partial charge in [0.25, 0.3) is 5.56 Å². The molecule has 1 heterocycles. The van der Waals surface area contributed by atoms with Crippen LogP contribution in [0.4, 0.5) is 0 Å². The van der Waals surface area contributed by atoms with E-state index in [0.29, 0.717) is 10.6 Å². The van der Waals surface area contributed by atoms with Crippen molar-refractivity contribution in [2.24, 2.45) is 0 Å². The highest BCUT2D eigenvalue weighted by Crippen LogP contribution is 2.25. The molecule has 0 fully saturated rings. The molecule has 2 aromatic rings. The third kappa shape index (κ3) is 3.30. The molecule has 0 amide bonds. The number of nitrogens with one attached hydrogen (secondary N) is 1. The molecular weight excluding hydrogens is 310 g/mol. The summed E-state index contributed by atoms with van der Waals surface area (Å²) in [6, 6.07) is 7.21. The minimum absolute atomic E-state index is 0.237. The summed E-state index contributed by atoms with van der Waals surface area (Å²) in [4.78, 5) is 27.7. The molecule has 0 saturated heterocycles. The highest BCUT2D eigenvalue weighted by Gasteiger charge is 2.21. The molecule has 0 saturated carbocycles. The van der Waals surface area contributed by atoms with E-state index in [0.717, 1.165) is 48.1 Å². The first-order valence-corrected chi connectivity index (χ1v) is 8.16. The molecule has 1 aliphatic carbocycles. The maximum absolute atomic E-state index is 12.6. The van der Waals surface area contributed by atoms with E-state index in [-0.39, 0.29) is 11.3 Å². The molecule has 4 heteroatoms. The largest absolute Gasteiger partial charge is 0.326 e.